The van der Waals surface area contributed by atoms with Gasteiger partial charge < -0.3 is 9.88 Å². The molecular formula is C17H21N5O. The molecule has 0 radical (unpaired) electrons. The van der Waals surface area contributed by atoms with Crippen LogP contribution in [0, 0.1) is 0 Å². The van der Waals surface area contributed by atoms with E-state index < -0.39 is 0 Å². The Morgan fingerprint density at radius 3 is 3.04 bits per heavy atom. The largest absolute Gasteiger partial charge is 0.335 e. The Hall–Kier alpha value is -2.21. The zero-order chi connectivity index (χ0) is 15.8. The third kappa shape index (κ3) is 2.99. The van der Waals surface area contributed by atoms with Crippen LogP contribution in [0.2, 0.25) is 0 Å². The van der Waals surface area contributed by atoms with E-state index in [2.05, 4.69) is 26.8 Å². The van der Waals surface area contributed by atoms with Crippen molar-refractivity contribution in [1.29, 1.82) is 0 Å². The monoisotopic (exact) mass is 311 g/mol. The molecule has 4 rings (SSSR count). The maximum Gasteiger partial charge on any atom is 0.238 e. The highest BCUT2D eigenvalue weighted by atomic mass is 16.2. The summed E-state index contributed by atoms with van der Waals surface area (Å²) in [5.74, 6) is 1.89. The zero-order valence-corrected chi connectivity index (χ0v) is 13.3. The van der Waals surface area contributed by atoms with Gasteiger partial charge in [0.1, 0.15) is 5.82 Å². The number of anilines is 1. The van der Waals surface area contributed by atoms with Gasteiger partial charge in [-0.3, -0.25) is 14.7 Å². The van der Waals surface area contributed by atoms with Gasteiger partial charge in [0.15, 0.2) is 0 Å². The average molecular weight is 311 g/mol. The first kappa shape index (κ1) is 14.4. The van der Waals surface area contributed by atoms with Gasteiger partial charge in [0.25, 0.3) is 0 Å². The summed E-state index contributed by atoms with van der Waals surface area (Å²) in [4.78, 5) is 23.2. The molecule has 23 heavy (non-hydrogen) atoms. The molecule has 6 nitrogen and oxygen atoms in total. The highest BCUT2D eigenvalue weighted by molar-refractivity contribution is 5.92. The molecule has 120 valence electrons. The van der Waals surface area contributed by atoms with Gasteiger partial charge in [0.2, 0.25) is 5.91 Å². The van der Waals surface area contributed by atoms with Crippen molar-refractivity contribution in [2.45, 2.75) is 31.7 Å². The van der Waals surface area contributed by atoms with Crippen LogP contribution in [0.3, 0.4) is 0 Å². The van der Waals surface area contributed by atoms with E-state index in [0.717, 1.165) is 30.9 Å². The first-order chi connectivity index (χ1) is 11.2. The van der Waals surface area contributed by atoms with E-state index in [1.54, 1.807) is 12.4 Å². The van der Waals surface area contributed by atoms with E-state index in [-0.39, 0.29) is 5.91 Å². The topological polar surface area (TPSA) is 63.1 Å². The van der Waals surface area contributed by atoms with Crippen LogP contribution in [0.4, 0.5) is 5.69 Å². The summed E-state index contributed by atoms with van der Waals surface area (Å²) in [6.45, 7) is 2.05. The number of hydrogen-bond donors (Lipinski definition) is 1. The molecule has 0 unspecified atom stereocenters. The van der Waals surface area contributed by atoms with Gasteiger partial charge in [-0.15, -0.1) is 0 Å². The quantitative estimate of drug-likeness (QED) is 0.933. The van der Waals surface area contributed by atoms with Gasteiger partial charge in [-0.1, -0.05) is 0 Å². The van der Waals surface area contributed by atoms with Gasteiger partial charge in [-0.25, -0.2) is 4.98 Å². The van der Waals surface area contributed by atoms with Crippen molar-refractivity contribution in [2.24, 2.45) is 7.05 Å². The molecule has 6 heteroatoms. The third-order valence-electron chi connectivity index (χ3n) is 4.62. The molecule has 1 N–H and O–H groups in total. The number of amides is 1. The number of hydrogen-bond acceptors (Lipinski definition) is 4. The fraction of sp³-hybridized carbons (Fsp3) is 0.471. The molecule has 2 aromatic rings. The fourth-order valence-electron chi connectivity index (χ4n) is 3.29. The summed E-state index contributed by atoms with van der Waals surface area (Å²) in [5.41, 5.74) is 3.23. The van der Waals surface area contributed by atoms with Crippen LogP contribution in [0.15, 0.2) is 24.5 Å². The summed E-state index contributed by atoms with van der Waals surface area (Å²) >= 11 is 0. The minimum Gasteiger partial charge on any atom is -0.335 e. The molecule has 0 atom stereocenters. The smallest absolute Gasteiger partial charge is 0.238 e. The number of imidazole rings is 1. The molecule has 1 fully saturated rings. The van der Waals surface area contributed by atoms with E-state index in [1.807, 2.05) is 12.1 Å². The van der Waals surface area contributed by atoms with Gasteiger partial charge in [-0.2, -0.15) is 0 Å². The normalized spacial score (nSPS) is 17.8. The molecule has 1 amide bonds. The van der Waals surface area contributed by atoms with Gasteiger partial charge in [0, 0.05) is 44.4 Å². The van der Waals surface area contributed by atoms with E-state index >= 15 is 0 Å². The van der Waals surface area contributed by atoms with Crippen molar-refractivity contribution in [1.82, 2.24) is 19.4 Å². The molecule has 3 heterocycles. The van der Waals surface area contributed by atoms with E-state index in [4.69, 9.17) is 4.98 Å². The number of pyridine rings is 1. The first-order valence-electron chi connectivity index (χ1n) is 8.17. The summed E-state index contributed by atoms with van der Waals surface area (Å²) in [6, 6.07) is 3.66. The number of fused-ring (bicyclic) bond motifs is 1. The summed E-state index contributed by atoms with van der Waals surface area (Å²) < 4.78 is 2.28. The van der Waals surface area contributed by atoms with Gasteiger partial charge in [-0.05, 0) is 25.0 Å². The van der Waals surface area contributed by atoms with Crippen molar-refractivity contribution in [3.8, 4) is 0 Å². The maximum absolute atomic E-state index is 12.2. The summed E-state index contributed by atoms with van der Waals surface area (Å²) in [7, 11) is 2.13. The van der Waals surface area contributed by atoms with Crippen LogP contribution in [-0.2, 0) is 24.8 Å². The molecular weight excluding hydrogens is 290 g/mol. The Morgan fingerprint density at radius 1 is 1.43 bits per heavy atom. The molecule has 0 spiro atoms. The van der Waals surface area contributed by atoms with Crippen molar-refractivity contribution >= 4 is 11.6 Å². The Morgan fingerprint density at radius 2 is 2.30 bits per heavy atom. The standard InChI is InChI=1S/C17H21N5O/c1-21-15-6-8-22(10-14(15)20-17(21)12-4-5-12)11-16(23)19-13-3-2-7-18-9-13/h2-3,7,9,12H,4-6,8,10-11H2,1H3,(H,19,23). The van der Waals surface area contributed by atoms with Gasteiger partial charge >= 0.3 is 0 Å². The van der Waals surface area contributed by atoms with Crippen LogP contribution in [0.25, 0.3) is 0 Å². The second-order valence-electron chi connectivity index (χ2n) is 6.45. The van der Waals surface area contributed by atoms with Crippen LogP contribution < -0.4 is 5.32 Å². The Bertz CT molecular complexity index is 720. The average Bonchev–Trinajstić information content (AvgIpc) is 3.33. The summed E-state index contributed by atoms with van der Waals surface area (Å²) in [5, 5.41) is 2.89. The Labute approximate surface area is 135 Å². The highest BCUT2D eigenvalue weighted by Crippen LogP contribution is 2.40. The summed E-state index contributed by atoms with van der Waals surface area (Å²) in [6.07, 6.45) is 6.85. The van der Waals surface area contributed by atoms with Crippen LogP contribution in [-0.4, -0.2) is 38.4 Å². The predicted octanol–water partition coefficient (Wildman–Crippen LogP) is 1.69. The van der Waals surface area contributed by atoms with Gasteiger partial charge in [0.05, 0.1) is 24.1 Å². The number of carbonyl (C=O) groups excluding carboxylic acids is 1. The van der Waals surface area contributed by atoms with E-state index in [1.165, 1.54) is 24.4 Å². The van der Waals surface area contributed by atoms with Crippen LogP contribution in [0.1, 0.15) is 36.0 Å². The SMILES string of the molecule is Cn1c(C2CC2)nc2c1CCN(CC(=O)Nc1cccnc1)C2. The lowest BCUT2D eigenvalue weighted by Gasteiger charge is -2.25. The molecule has 2 aromatic heterocycles. The van der Waals surface area contributed by atoms with Crippen molar-refractivity contribution in [3.05, 3.63) is 41.7 Å². The minimum atomic E-state index is -0.000187. The Kier molecular flexibility index (Phi) is 3.61. The zero-order valence-electron chi connectivity index (χ0n) is 13.3. The predicted molar refractivity (Wildman–Crippen MR) is 87.0 cm³/mol. The van der Waals surface area contributed by atoms with Crippen molar-refractivity contribution < 1.29 is 4.79 Å². The molecule has 2 aliphatic rings. The number of nitrogens with zero attached hydrogens (tertiary/aromatic N) is 4. The molecule has 0 bridgehead atoms. The van der Waals surface area contributed by atoms with Crippen LogP contribution >= 0.6 is 0 Å². The number of carbonyl (C=O) groups is 1. The molecule has 1 aliphatic carbocycles. The second-order valence-corrected chi connectivity index (χ2v) is 6.45. The fourth-order valence-corrected chi connectivity index (χ4v) is 3.29. The van der Waals surface area contributed by atoms with Crippen LogP contribution in [0.5, 0.6) is 0 Å². The number of nitrogens with one attached hydrogen (secondary N) is 1. The van der Waals surface area contributed by atoms with E-state index in [9.17, 15) is 4.79 Å². The van der Waals surface area contributed by atoms with Crippen molar-refractivity contribution in [3.63, 3.8) is 0 Å². The molecule has 0 aromatic carbocycles. The lowest BCUT2D eigenvalue weighted by molar-refractivity contribution is -0.117. The van der Waals surface area contributed by atoms with Crippen molar-refractivity contribution in [2.75, 3.05) is 18.4 Å². The third-order valence-corrected chi connectivity index (χ3v) is 4.62. The first-order valence-corrected chi connectivity index (χ1v) is 8.17. The molecule has 1 saturated carbocycles. The number of aromatic nitrogens is 3. The Balaban J connectivity index is 1.40. The lowest BCUT2D eigenvalue weighted by atomic mass is 10.1. The minimum absolute atomic E-state index is 0.000187. The van der Waals surface area contributed by atoms with E-state index in [0.29, 0.717) is 12.5 Å². The second kappa shape index (κ2) is 5.77. The number of rotatable bonds is 4. The maximum atomic E-state index is 12.2. The highest BCUT2D eigenvalue weighted by Gasteiger charge is 2.32. The molecule has 0 saturated heterocycles. The molecule has 1 aliphatic heterocycles. The lowest BCUT2D eigenvalue weighted by Crippen LogP contribution is -2.37.